The fourth-order valence-electron chi connectivity index (χ4n) is 1.53. The van der Waals surface area contributed by atoms with Crippen molar-refractivity contribution in [3.05, 3.63) is 39.3 Å². The van der Waals surface area contributed by atoms with Gasteiger partial charge in [-0.3, -0.25) is 5.43 Å². The first-order valence-corrected chi connectivity index (χ1v) is 7.89. The van der Waals surface area contributed by atoms with Gasteiger partial charge in [0.15, 0.2) is 0 Å². The minimum absolute atomic E-state index is 0.150. The van der Waals surface area contributed by atoms with Gasteiger partial charge in [0.05, 0.1) is 18.0 Å². The van der Waals surface area contributed by atoms with Crippen LogP contribution >= 0.6 is 27.3 Å². The lowest BCUT2D eigenvalue weighted by molar-refractivity contribution is 0.242. The third kappa shape index (κ3) is 4.31. The standard InChI is InChI=1S/C14H16BrN3OS/c1-9(2)19-12-4-5-13(15)11(6-12)7-16-18-14-17-10(3)8-20-14/h4-9H,1-3H3,(H,17,18). The Hall–Kier alpha value is -1.40. The summed E-state index contributed by atoms with van der Waals surface area (Å²) in [5, 5.41) is 6.95. The largest absolute Gasteiger partial charge is 0.491 e. The Morgan fingerprint density at radius 3 is 2.90 bits per heavy atom. The summed E-state index contributed by atoms with van der Waals surface area (Å²) in [4.78, 5) is 4.28. The molecule has 1 heterocycles. The van der Waals surface area contributed by atoms with E-state index < -0.39 is 0 Å². The number of anilines is 1. The number of ether oxygens (including phenoxy) is 1. The van der Waals surface area contributed by atoms with Crippen molar-refractivity contribution in [1.29, 1.82) is 0 Å². The lowest BCUT2D eigenvalue weighted by atomic mass is 10.2. The first-order valence-electron chi connectivity index (χ1n) is 6.22. The summed E-state index contributed by atoms with van der Waals surface area (Å²) in [6, 6.07) is 5.83. The smallest absolute Gasteiger partial charge is 0.203 e. The topological polar surface area (TPSA) is 46.5 Å². The van der Waals surface area contributed by atoms with Crippen molar-refractivity contribution in [1.82, 2.24) is 4.98 Å². The maximum atomic E-state index is 5.66. The van der Waals surface area contributed by atoms with Crippen molar-refractivity contribution in [3.63, 3.8) is 0 Å². The van der Waals surface area contributed by atoms with E-state index in [1.165, 1.54) is 11.3 Å². The van der Waals surface area contributed by atoms with E-state index in [2.05, 4.69) is 31.4 Å². The van der Waals surface area contributed by atoms with Gasteiger partial charge in [-0.1, -0.05) is 15.9 Å². The SMILES string of the molecule is Cc1csc(NN=Cc2cc(OC(C)C)ccc2Br)n1. The molecule has 0 saturated heterocycles. The number of benzene rings is 1. The molecule has 4 nitrogen and oxygen atoms in total. The summed E-state index contributed by atoms with van der Waals surface area (Å²) in [5.74, 6) is 0.828. The van der Waals surface area contributed by atoms with Gasteiger partial charge in [-0.15, -0.1) is 11.3 Å². The summed E-state index contributed by atoms with van der Waals surface area (Å²) in [7, 11) is 0. The number of hydrogen-bond acceptors (Lipinski definition) is 5. The predicted octanol–water partition coefficient (Wildman–Crippen LogP) is 4.45. The third-order valence-electron chi connectivity index (χ3n) is 2.32. The van der Waals surface area contributed by atoms with Crippen molar-refractivity contribution >= 4 is 38.6 Å². The van der Waals surface area contributed by atoms with Crippen LogP contribution in [0, 0.1) is 6.92 Å². The molecule has 6 heteroatoms. The zero-order valence-corrected chi connectivity index (χ0v) is 14.0. The molecule has 0 fully saturated rings. The minimum atomic E-state index is 0.150. The van der Waals surface area contributed by atoms with Crippen LogP contribution in [-0.4, -0.2) is 17.3 Å². The number of rotatable bonds is 5. The van der Waals surface area contributed by atoms with Crippen molar-refractivity contribution < 1.29 is 4.74 Å². The molecular formula is C14H16BrN3OS. The van der Waals surface area contributed by atoms with Crippen molar-refractivity contribution in [2.75, 3.05) is 5.43 Å². The molecule has 0 saturated carbocycles. The molecule has 2 aromatic rings. The molecule has 20 heavy (non-hydrogen) atoms. The molecule has 0 atom stereocenters. The Balaban J connectivity index is 2.07. The zero-order valence-electron chi connectivity index (χ0n) is 11.6. The monoisotopic (exact) mass is 353 g/mol. The van der Waals surface area contributed by atoms with Gasteiger partial charge in [-0.25, -0.2) is 4.98 Å². The summed E-state index contributed by atoms with van der Waals surface area (Å²) in [6.45, 7) is 5.96. The fraction of sp³-hybridized carbons (Fsp3) is 0.286. The van der Waals surface area contributed by atoms with Crippen LogP contribution in [0.2, 0.25) is 0 Å². The molecule has 0 aliphatic rings. The summed E-state index contributed by atoms with van der Waals surface area (Å²) >= 11 is 5.03. The second-order valence-corrected chi connectivity index (χ2v) is 6.23. The average Bonchev–Trinajstić information content (AvgIpc) is 2.78. The number of aromatic nitrogens is 1. The van der Waals surface area contributed by atoms with Gasteiger partial charge in [0.25, 0.3) is 0 Å². The Bertz CT molecular complexity index is 610. The highest BCUT2D eigenvalue weighted by Crippen LogP contribution is 2.22. The lowest BCUT2D eigenvalue weighted by Gasteiger charge is -2.10. The molecule has 0 bridgehead atoms. The number of halogens is 1. The highest BCUT2D eigenvalue weighted by Gasteiger charge is 2.02. The van der Waals surface area contributed by atoms with E-state index in [-0.39, 0.29) is 6.10 Å². The first-order chi connectivity index (χ1) is 9.54. The van der Waals surface area contributed by atoms with E-state index in [0.29, 0.717) is 0 Å². The Labute approximate surface area is 131 Å². The number of nitrogens with one attached hydrogen (secondary N) is 1. The zero-order chi connectivity index (χ0) is 14.5. The van der Waals surface area contributed by atoms with Crippen LogP contribution in [-0.2, 0) is 0 Å². The van der Waals surface area contributed by atoms with E-state index in [1.807, 2.05) is 44.4 Å². The second-order valence-electron chi connectivity index (χ2n) is 4.51. The van der Waals surface area contributed by atoms with Gasteiger partial charge in [-0.2, -0.15) is 5.10 Å². The molecule has 2 rings (SSSR count). The van der Waals surface area contributed by atoms with Crippen molar-refractivity contribution in [2.24, 2.45) is 5.10 Å². The minimum Gasteiger partial charge on any atom is -0.491 e. The number of nitrogens with zero attached hydrogens (tertiary/aromatic N) is 2. The molecular weight excluding hydrogens is 338 g/mol. The Kier molecular flexibility index (Phi) is 5.14. The Morgan fingerprint density at radius 2 is 2.25 bits per heavy atom. The van der Waals surface area contributed by atoms with Crippen molar-refractivity contribution in [2.45, 2.75) is 26.9 Å². The molecule has 0 unspecified atom stereocenters. The van der Waals surface area contributed by atoms with Crippen molar-refractivity contribution in [3.8, 4) is 5.75 Å². The van der Waals surface area contributed by atoms with Crippen LogP contribution in [0.15, 0.2) is 33.2 Å². The van der Waals surface area contributed by atoms with Gasteiger partial charge in [0.2, 0.25) is 5.13 Å². The maximum Gasteiger partial charge on any atom is 0.203 e. The highest BCUT2D eigenvalue weighted by molar-refractivity contribution is 9.10. The maximum absolute atomic E-state index is 5.66. The average molecular weight is 354 g/mol. The quantitative estimate of drug-likeness (QED) is 0.638. The molecule has 106 valence electrons. The lowest BCUT2D eigenvalue weighted by Crippen LogP contribution is -2.05. The van der Waals surface area contributed by atoms with Crippen LogP contribution in [0.4, 0.5) is 5.13 Å². The third-order valence-corrected chi connectivity index (χ3v) is 3.91. The number of thiazole rings is 1. The molecule has 0 aliphatic carbocycles. The molecule has 0 radical (unpaired) electrons. The van der Waals surface area contributed by atoms with Crippen LogP contribution < -0.4 is 10.2 Å². The van der Waals surface area contributed by atoms with Gasteiger partial charge in [0.1, 0.15) is 5.75 Å². The van der Waals surface area contributed by atoms with E-state index in [4.69, 9.17) is 4.74 Å². The summed E-state index contributed by atoms with van der Waals surface area (Å²) < 4.78 is 6.63. The number of aryl methyl sites for hydroxylation is 1. The highest BCUT2D eigenvalue weighted by atomic mass is 79.9. The summed E-state index contributed by atoms with van der Waals surface area (Å²) in [6.07, 6.45) is 1.89. The molecule has 1 N–H and O–H groups in total. The van der Waals surface area contributed by atoms with Gasteiger partial charge < -0.3 is 4.74 Å². The summed E-state index contributed by atoms with van der Waals surface area (Å²) in [5.41, 5.74) is 4.85. The van der Waals surface area contributed by atoms with Gasteiger partial charge in [-0.05, 0) is 39.0 Å². The Morgan fingerprint density at radius 1 is 1.45 bits per heavy atom. The van der Waals surface area contributed by atoms with Crippen LogP contribution in [0.3, 0.4) is 0 Å². The van der Waals surface area contributed by atoms with E-state index in [0.717, 1.165) is 26.6 Å². The first kappa shape index (κ1) is 15.0. The van der Waals surface area contributed by atoms with Crippen LogP contribution in [0.1, 0.15) is 25.1 Å². The van der Waals surface area contributed by atoms with E-state index in [9.17, 15) is 0 Å². The fourth-order valence-corrected chi connectivity index (χ4v) is 2.51. The normalized spacial score (nSPS) is 11.2. The molecule has 1 aromatic heterocycles. The molecule has 0 aliphatic heterocycles. The molecule has 1 aromatic carbocycles. The molecule has 0 spiro atoms. The van der Waals surface area contributed by atoms with E-state index >= 15 is 0 Å². The second kappa shape index (κ2) is 6.85. The van der Waals surface area contributed by atoms with Gasteiger partial charge in [0, 0.05) is 15.4 Å². The number of hydrazone groups is 1. The van der Waals surface area contributed by atoms with Crippen LogP contribution in [0.5, 0.6) is 5.75 Å². The van der Waals surface area contributed by atoms with E-state index in [1.54, 1.807) is 6.21 Å². The van der Waals surface area contributed by atoms with Crippen LogP contribution in [0.25, 0.3) is 0 Å². The number of hydrogen-bond donors (Lipinski definition) is 1. The van der Waals surface area contributed by atoms with Gasteiger partial charge >= 0.3 is 0 Å². The molecule has 0 amide bonds. The predicted molar refractivity (Wildman–Crippen MR) is 88.0 cm³/mol.